The lowest BCUT2D eigenvalue weighted by Gasteiger charge is -2.24. The molecule has 1 rings (SSSR count). The second-order valence-corrected chi connectivity index (χ2v) is 7.46. The molecule has 10 heteroatoms. The minimum atomic E-state index is -4.00. The topological polar surface area (TPSA) is 95.9 Å². The van der Waals surface area contributed by atoms with Gasteiger partial charge in [-0.05, 0) is 30.2 Å². The van der Waals surface area contributed by atoms with Gasteiger partial charge in [0.2, 0.25) is 10.0 Å². The van der Waals surface area contributed by atoms with Gasteiger partial charge in [-0.15, -0.1) is 0 Å². The molecule has 0 saturated heterocycles. The standard InChI is InChI=1S/C15H22F2N2O5S/c1-3-11(2)8-19(9-15(20)18-21)25(22,23)13-6-4-12(5-7-13)24-10-14(16)17/h4-7,11,14,21H,3,8-10H2,1-2H3,(H,18,20). The summed E-state index contributed by atoms with van der Waals surface area (Å²) >= 11 is 0. The molecule has 0 aliphatic carbocycles. The second-order valence-electron chi connectivity index (χ2n) is 5.52. The Hall–Kier alpha value is -1.78. The number of amides is 1. The molecule has 0 aromatic heterocycles. The second kappa shape index (κ2) is 9.64. The fraction of sp³-hybridized carbons (Fsp3) is 0.533. The van der Waals surface area contributed by atoms with E-state index < -0.39 is 35.5 Å². The van der Waals surface area contributed by atoms with Crippen LogP contribution in [0.3, 0.4) is 0 Å². The summed E-state index contributed by atoms with van der Waals surface area (Å²) in [6.07, 6.45) is -1.93. The van der Waals surface area contributed by atoms with Gasteiger partial charge >= 0.3 is 0 Å². The van der Waals surface area contributed by atoms with Gasteiger partial charge in [0.15, 0.2) is 0 Å². The van der Waals surface area contributed by atoms with E-state index in [0.29, 0.717) is 6.42 Å². The number of hydroxylamine groups is 1. The number of carbonyl (C=O) groups excluding carboxylic acids is 1. The number of sulfonamides is 1. The zero-order chi connectivity index (χ0) is 19.0. The van der Waals surface area contributed by atoms with Gasteiger partial charge in [-0.2, -0.15) is 4.31 Å². The Morgan fingerprint density at radius 1 is 1.32 bits per heavy atom. The number of alkyl halides is 2. The lowest BCUT2D eigenvalue weighted by Crippen LogP contribution is -2.41. The van der Waals surface area contributed by atoms with Crippen molar-refractivity contribution >= 4 is 15.9 Å². The van der Waals surface area contributed by atoms with Crippen molar-refractivity contribution in [1.29, 1.82) is 0 Å². The average molecular weight is 380 g/mol. The van der Waals surface area contributed by atoms with Crippen LogP contribution in [-0.2, 0) is 14.8 Å². The maximum atomic E-state index is 12.7. The summed E-state index contributed by atoms with van der Waals surface area (Å²) in [4.78, 5) is 11.3. The number of halogens is 2. The van der Waals surface area contributed by atoms with Gasteiger partial charge in [-0.25, -0.2) is 22.7 Å². The lowest BCUT2D eigenvalue weighted by atomic mass is 10.1. The Bertz CT molecular complexity index is 652. The monoisotopic (exact) mass is 380 g/mol. The molecule has 1 unspecified atom stereocenters. The molecule has 142 valence electrons. The summed E-state index contributed by atoms with van der Waals surface area (Å²) in [5.74, 6) is -0.750. The largest absolute Gasteiger partial charge is 0.488 e. The van der Waals surface area contributed by atoms with E-state index in [1.54, 1.807) is 0 Å². The van der Waals surface area contributed by atoms with Crippen molar-refractivity contribution < 1.29 is 31.9 Å². The molecule has 0 saturated carbocycles. The first-order valence-corrected chi connectivity index (χ1v) is 9.08. The number of nitrogens with one attached hydrogen (secondary N) is 1. The maximum absolute atomic E-state index is 12.7. The van der Waals surface area contributed by atoms with Crippen molar-refractivity contribution in [2.45, 2.75) is 31.6 Å². The van der Waals surface area contributed by atoms with Crippen molar-refractivity contribution in [3.05, 3.63) is 24.3 Å². The van der Waals surface area contributed by atoms with Crippen LogP contribution in [-0.4, -0.2) is 50.0 Å². The molecule has 0 radical (unpaired) electrons. The van der Waals surface area contributed by atoms with Gasteiger partial charge in [-0.3, -0.25) is 10.0 Å². The fourth-order valence-electron chi connectivity index (χ4n) is 1.94. The van der Waals surface area contributed by atoms with E-state index in [4.69, 9.17) is 9.94 Å². The van der Waals surface area contributed by atoms with Crippen molar-refractivity contribution in [1.82, 2.24) is 9.79 Å². The van der Waals surface area contributed by atoms with Crippen LogP contribution >= 0.6 is 0 Å². The Balaban J connectivity index is 3.00. The van der Waals surface area contributed by atoms with E-state index in [1.807, 2.05) is 13.8 Å². The Morgan fingerprint density at radius 3 is 2.40 bits per heavy atom. The Kier molecular flexibility index (Phi) is 8.20. The van der Waals surface area contributed by atoms with Crippen molar-refractivity contribution in [2.24, 2.45) is 5.92 Å². The zero-order valence-electron chi connectivity index (χ0n) is 14.0. The van der Waals surface area contributed by atoms with E-state index in [9.17, 15) is 22.0 Å². The summed E-state index contributed by atoms with van der Waals surface area (Å²) in [5.41, 5.74) is 1.41. The predicted octanol–water partition coefficient (Wildman–Crippen LogP) is 1.87. The van der Waals surface area contributed by atoms with Gasteiger partial charge in [0, 0.05) is 6.54 Å². The van der Waals surface area contributed by atoms with Gasteiger partial charge in [0.05, 0.1) is 11.4 Å². The van der Waals surface area contributed by atoms with E-state index in [1.165, 1.54) is 29.7 Å². The van der Waals surface area contributed by atoms with Crippen LogP contribution in [0.4, 0.5) is 8.78 Å². The van der Waals surface area contributed by atoms with E-state index in [2.05, 4.69) is 0 Å². The first kappa shape index (κ1) is 21.3. The average Bonchev–Trinajstić information content (AvgIpc) is 2.59. The molecule has 2 N–H and O–H groups in total. The number of rotatable bonds is 10. The molecule has 0 aliphatic rings. The third kappa shape index (κ3) is 6.56. The van der Waals surface area contributed by atoms with Crippen molar-refractivity contribution in [3.8, 4) is 5.75 Å². The number of nitrogens with zero attached hydrogens (tertiary/aromatic N) is 1. The van der Waals surface area contributed by atoms with Crippen LogP contribution in [0.2, 0.25) is 0 Å². The Labute approximate surface area is 145 Å². The van der Waals surface area contributed by atoms with E-state index in [-0.39, 0.29) is 23.1 Å². The third-order valence-electron chi connectivity index (χ3n) is 3.49. The van der Waals surface area contributed by atoms with Crippen LogP contribution in [0, 0.1) is 5.92 Å². The number of ether oxygens (including phenoxy) is 1. The highest BCUT2D eigenvalue weighted by atomic mass is 32.2. The van der Waals surface area contributed by atoms with E-state index >= 15 is 0 Å². The first-order chi connectivity index (χ1) is 11.7. The molecule has 25 heavy (non-hydrogen) atoms. The minimum Gasteiger partial charge on any atom is -0.488 e. The number of hydrogen-bond acceptors (Lipinski definition) is 5. The van der Waals surface area contributed by atoms with Crippen molar-refractivity contribution in [3.63, 3.8) is 0 Å². The molecular weight excluding hydrogens is 358 g/mol. The fourth-order valence-corrected chi connectivity index (χ4v) is 3.45. The smallest absolute Gasteiger partial charge is 0.272 e. The van der Waals surface area contributed by atoms with Gasteiger partial charge < -0.3 is 4.74 Å². The molecule has 1 aromatic carbocycles. The third-order valence-corrected chi connectivity index (χ3v) is 5.32. The highest BCUT2D eigenvalue weighted by Crippen LogP contribution is 2.21. The normalized spacial score (nSPS) is 13.1. The zero-order valence-corrected chi connectivity index (χ0v) is 14.8. The summed E-state index contributed by atoms with van der Waals surface area (Å²) in [7, 11) is -4.00. The molecular formula is C15H22F2N2O5S. The molecule has 0 aliphatic heterocycles. The molecule has 1 aromatic rings. The molecule has 0 heterocycles. The van der Waals surface area contributed by atoms with Crippen LogP contribution < -0.4 is 10.2 Å². The molecule has 0 bridgehead atoms. The lowest BCUT2D eigenvalue weighted by molar-refractivity contribution is -0.129. The predicted molar refractivity (Wildman–Crippen MR) is 86.1 cm³/mol. The number of carbonyl (C=O) groups is 1. The molecule has 1 amide bonds. The summed E-state index contributed by atoms with van der Waals surface area (Å²) in [5, 5.41) is 8.65. The van der Waals surface area contributed by atoms with Crippen LogP contribution in [0.25, 0.3) is 0 Å². The summed E-state index contributed by atoms with van der Waals surface area (Å²) in [6, 6.07) is 4.97. The SMILES string of the molecule is CCC(C)CN(CC(=O)NO)S(=O)(=O)c1ccc(OCC(F)F)cc1. The van der Waals surface area contributed by atoms with E-state index in [0.717, 1.165) is 4.31 Å². The highest BCUT2D eigenvalue weighted by molar-refractivity contribution is 7.89. The maximum Gasteiger partial charge on any atom is 0.272 e. The minimum absolute atomic E-state index is 0.00471. The molecule has 0 fully saturated rings. The molecule has 0 spiro atoms. The van der Waals surface area contributed by atoms with Crippen LogP contribution in [0.1, 0.15) is 20.3 Å². The number of benzene rings is 1. The molecule has 1 atom stereocenters. The summed E-state index contributed by atoms with van der Waals surface area (Å²) in [6.45, 7) is 2.49. The van der Waals surface area contributed by atoms with Gasteiger partial charge in [0.25, 0.3) is 12.3 Å². The quantitative estimate of drug-likeness (QED) is 0.477. The first-order valence-electron chi connectivity index (χ1n) is 7.64. The van der Waals surface area contributed by atoms with Crippen molar-refractivity contribution in [2.75, 3.05) is 19.7 Å². The number of hydrogen-bond donors (Lipinski definition) is 2. The highest BCUT2D eigenvalue weighted by Gasteiger charge is 2.27. The summed E-state index contributed by atoms with van der Waals surface area (Å²) < 4.78 is 55.4. The van der Waals surface area contributed by atoms with Gasteiger partial charge in [-0.1, -0.05) is 20.3 Å². The molecule has 7 nitrogen and oxygen atoms in total. The van der Waals surface area contributed by atoms with Crippen LogP contribution in [0.15, 0.2) is 29.2 Å². The Morgan fingerprint density at radius 2 is 1.92 bits per heavy atom. The van der Waals surface area contributed by atoms with Crippen LogP contribution in [0.5, 0.6) is 5.75 Å². The van der Waals surface area contributed by atoms with Gasteiger partial charge in [0.1, 0.15) is 12.4 Å².